The summed E-state index contributed by atoms with van der Waals surface area (Å²) in [5, 5.41) is 3.16. The molecule has 0 saturated heterocycles. The lowest BCUT2D eigenvalue weighted by Gasteiger charge is -2.16. The standard InChI is InChI=1S/C24H19FN2O3S/c1-31(29,30)23-21(24(28)26-15-16-8-7-11-18(25)14-16)19-12-5-6-13-20(19)27-22(23)17-9-3-2-4-10-17/h2-14H,15H2,1H3,(H,26,28). The number of pyridine rings is 1. The number of carbonyl (C=O) groups is 1. The van der Waals surface area contributed by atoms with Gasteiger partial charge >= 0.3 is 0 Å². The molecule has 3 aromatic carbocycles. The van der Waals surface area contributed by atoms with E-state index in [9.17, 15) is 17.6 Å². The number of sulfone groups is 1. The summed E-state index contributed by atoms with van der Waals surface area (Å²) in [4.78, 5) is 17.7. The number of aromatic nitrogens is 1. The summed E-state index contributed by atoms with van der Waals surface area (Å²) in [6, 6.07) is 21.6. The van der Waals surface area contributed by atoms with E-state index in [1.54, 1.807) is 60.7 Å². The topological polar surface area (TPSA) is 76.1 Å². The number of hydrogen-bond donors (Lipinski definition) is 1. The number of amides is 1. The van der Waals surface area contributed by atoms with Gasteiger partial charge in [-0.2, -0.15) is 0 Å². The second-order valence-corrected chi connectivity index (χ2v) is 9.09. The van der Waals surface area contributed by atoms with Crippen molar-refractivity contribution < 1.29 is 17.6 Å². The minimum Gasteiger partial charge on any atom is -0.348 e. The first-order chi connectivity index (χ1) is 14.8. The van der Waals surface area contributed by atoms with Crippen LogP contribution in [0.4, 0.5) is 4.39 Å². The van der Waals surface area contributed by atoms with Gasteiger partial charge in [0.25, 0.3) is 5.91 Å². The molecule has 1 amide bonds. The van der Waals surface area contributed by atoms with Crippen LogP contribution in [-0.4, -0.2) is 25.6 Å². The molecule has 4 rings (SSSR count). The Balaban J connectivity index is 1.91. The van der Waals surface area contributed by atoms with Crippen LogP contribution in [0.3, 0.4) is 0 Å². The molecule has 0 fully saturated rings. The fourth-order valence-corrected chi connectivity index (χ4v) is 4.58. The van der Waals surface area contributed by atoms with Gasteiger partial charge in [0.15, 0.2) is 9.84 Å². The lowest BCUT2D eigenvalue weighted by molar-refractivity contribution is 0.0949. The molecule has 0 spiro atoms. The van der Waals surface area contributed by atoms with Crippen LogP contribution in [0.5, 0.6) is 0 Å². The molecule has 0 aliphatic heterocycles. The van der Waals surface area contributed by atoms with E-state index in [0.717, 1.165) is 6.26 Å². The molecule has 0 saturated carbocycles. The molecule has 31 heavy (non-hydrogen) atoms. The van der Waals surface area contributed by atoms with Crippen molar-refractivity contribution in [2.24, 2.45) is 0 Å². The van der Waals surface area contributed by atoms with Gasteiger partial charge in [0.05, 0.1) is 16.8 Å². The van der Waals surface area contributed by atoms with Crippen molar-refractivity contribution in [2.45, 2.75) is 11.4 Å². The van der Waals surface area contributed by atoms with Crippen molar-refractivity contribution in [1.82, 2.24) is 10.3 Å². The highest BCUT2D eigenvalue weighted by molar-refractivity contribution is 7.91. The molecule has 0 aliphatic rings. The Hall–Kier alpha value is -3.58. The fourth-order valence-electron chi connectivity index (χ4n) is 3.49. The van der Waals surface area contributed by atoms with Gasteiger partial charge in [0.2, 0.25) is 0 Å². The first-order valence-electron chi connectivity index (χ1n) is 9.55. The predicted molar refractivity (Wildman–Crippen MR) is 118 cm³/mol. The van der Waals surface area contributed by atoms with Crippen molar-refractivity contribution in [3.8, 4) is 11.3 Å². The number of benzene rings is 3. The quantitative estimate of drug-likeness (QED) is 0.506. The van der Waals surface area contributed by atoms with Gasteiger partial charge in [0, 0.05) is 23.8 Å². The molecule has 0 bridgehead atoms. The molecule has 5 nitrogen and oxygen atoms in total. The van der Waals surface area contributed by atoms with E-state index in [1.165, 1.54) is 12.1 Å². The number of fused-ring (bicyclic) bond motifs is 1. The molecule has 0 aliphatic carbocycles. The highest BCUT2D eigenvalue weighted by atomic mass is 32.2. The second-order valence-electron chi connectivity index (χ2n) is 7.13. The highest BCUT2D eigenvalue weighted by Gasteiger charge is 2.27. The van der Waals surface area contributed by atoms with Crippen LogP contribution in [0.25, 0.3) is 22.2 Å². The third kappa shape index (κ3) is 4.32. The largest absolute Gasteiger partial charge is 0.348 e. The summed E-state index contributed by atoms with van der Waals surface area (Å²) >= 11 is 0. The molecular formula is C24H19FN2O3S. The van der Waals surface area contributed by atoms with Crippen LogP contribution in [0.15, 0.2) is 83.8 Å². The van der Waals surface area contributed by atoms with Gasteiger partial charge in [-0.3, -0.25) is 4.79 Å². The average molecular weight is 434 g/mol. The first kappa shape index (κ1) is 20.7. The summed E-state index contributed by atoms with van der Waals surface area (Å²) in [6.07, 6.45) is 1.06. The third-order valence-electron chi connectivity index (χ3n) is 4.83. The molecule has 7 heteroatoms. The first-order valence-corrected chi connectivity index (χ1v) is 11.4. The van der Waals surface area contributed by atoms with Gasteiger partial charge in [-0.1, -0.05) is 60.7 Å². The van der Waals surface area contributed by atoms with Crippen LogP contribution in [0, 0.1) is 5.82 Å². The average Bonchev–Trinajstić information content (AvgIpc) is 2.76. The minimum absolute atomic E-state index is 0.0309. The van der Waals surface area contributed by atoms with Crippen LogP contribution in [-0.2, 0) is 16.4 Å². The van der Waals surface area contributed by atoms with E-state index in [0.29, 0.717) is 22.0 Å². The molecule has 1 heterocycles. The fraction of sp³-hybridized carbons (Fsp3) is 0.0833. The SMILES string of the molecule is CS(=O)(=O)c1c(-c2ccccc2)nc2ccccc2c1C(=O)NCc1cccc(F)c1. The molecule has 1 N–H and O–H groups in total. The summed E-state index contributed by atoms with van der Waals surface area (Å²) in [5.74, 6) is -0.982. The molecule has 1 aromatic heterocycles. The monoisotopic (exact) mass is 434 g/mol. The van der Waals surface area contributed by atoms with Crippen molar-refractivity contribution >= 4 is 26.6 Å². The Morgan fingerprint density at radius 2 is 1.68 bits per heavy atom. The van der Waals surface area contributed by atoms with Gasteiger partial charge in [-0.15, -0.1) is 0 Å². The number of carbonyl (C=O) groups excluding carboxylic acids is 1. The van der Waals surface area contributed by atoms with Gasteiger partial charge < -0.3 is 5.32 Å². The molecule has 0 radical (unpaired) electrons. The van der Waals surface area contributed by atoms with E-state index in [1.807, 2.05) is 6.07 Å². The summed E-state index contributed by atoms with van der Waals surface area (Å²) in [5.41, 5.74) is 1.91. The lowest BCUT2D eigenvalue weighted by Crippen LogP contribution is -2.26. The molecule has 4 aromatic rings. The smallest absolute Gasteiger partial charge is 0.253 e. The maximum absolute atomic E-state index is 13.5. The zero-order chi connectivity index (χ0) is 22.0. The number of nitrogens with one attached hydrogen (secondary N) is 1. The number of para-hydroxylation sites is 1. The van der Waals surface area contributed by atoms with Crippen LogP contribution in [0.1, 0.15) is 15.9 Å². The van der Waals surface area contributed by atoms with E-state index in [2.05, 4.69) is 10.3 Å². The molecular weight excluding hydrogens is 415 g/mol. The van der Waals surface area contributed by atoms with Crippen molar-refractivity contribution in [2.75, 3.05) is 6.26 Å². The van der Waals surface area contributed by atoms with Crippen LogP contribution in [0.2, 0.25) is 0 Å². The van der Waals surface area contributed by atoms with Crippen molar-refractivity contribution in [1.29, 1.82) is 0 Å². The van der Waals surface area contributed by atoms with Crippen molar-refractivity contribution in [3.63, 3.8) is 0 Å². The maximum Gasteiger partial charge on any atom is 0.253 e. The zero-order valence-electron chi connectivity index (χ0n) is 16.7. The number of nitrogens with zero attached hydrogens (tertiary/aromatic N) is 1. The second kappa shape index (κ2) is 8.28. The molecule has 156 valence electrons. The number of halogens is 1. The zero-order valence-corrected chi connectivity index (χ0v) is 17.5. The number of rotatable bonds is 5. The van der Waals surface area contributed by atoms with E-state index < -0.39 is 21.6 Å². The van der Waals surface area contributed by atoms with Crippen LogP contribution < -0.4 is 5.32 Å². The minimum atomic E-state index is -3.82. The normalized spacial score (nSPS) is 11.4. The van der Waals surface area contributed by atoms with Crippen molar-refractivity contribution in [3.05, 3.63) is 95.8 Å². The van der Waals surface area contributed by atoms with E-state index in [4.69, 9.17) is 0 Å². The molecule has 0 unspecified atom stereocenters. The predicted octanol–water partition coefficient (Wildman–Crippen LogP) is 4.37. The van der Waals surface area contributed by atoms with E-state index >= 15 is 0 Å². The summed E-state index contributed by atoms with van der Waals surface area (Å²) < 4.78 is 39.2. The summed E-state index contributed by atoms with van der Waals surface area (Å²) in [6.45, 7) is 0.0527. The molecule has 0 atom stereocenters. The Morgan fingerprint density at radius 1 is 0.968 bits per heavy atom. The Bertz CT molecular complexity index is 1390. The van der Waals surface area contributed by atoms with Crippen LogP contribution >= 0.6 is 0 Å². The maximum atomic E-state index is 13.5. The Labute approximate surface area is 179 Å². The highest BCUT2D eigenvalue weighted by Crippen LogP contribution is 2.33. The third-order valence-corrected chi connectivity index (χ3v) is 5.97. The number of hydrogen-bond acceptors (Lipinski definition) is 4. The Morgan fingerprint density at radius 3 is 2.39 bits per heavy atom. The van der Waals surface area contributed by atoms with E-state index in [-0.39, 0.29) is 22.7 Å². The lowest BCUT2D eigenvalue weighted by atomic mass is 10.0. The van der Waals surface area contributed by atoms with Gasteiger partial charge in [0.1, 0.15) is 10.7 Å². The van der Waals surface area contributed by atoms with Gasteiger partial charge in [-0.05, 0) is 23.8 Å². The van der Waals surface area contributed by atoms with Gasteiger partial charge in [-0.25, -0.2) is 17.8 Å². The summed E-state index contributed by atoms with van der Waals surface area (Å²) in [7, 11) is -3.82. The Kier molecular flexibility index (Phi) is 5.52.